The molecule has 0 saturated carbocycles. The number of aryl methyl sites for hydroxylation is 2. The van der Waals surface area contributed by atoms with Crippen molar-refractivity contribution in [1.29, 1.82) is 0 Å². The third-order valence-electron chi connectivity index (χ3n) is 4.06. The third-order valence-corrected chi connectivity index (χ3v) is 4.43. The van der Waals surface area contributed by atoms with Crippen molar-refractivity contribution in [1.82, 2.24) is 19.7 Å². The summed E-state index contributed by atoms with van der Waals surface area (Å²) in [7, 11) is 0. The highest BCUT2D eigenvalue weighted by Crippen LogP contribution is 2.26. The number of aromatic nitrogens is 4. The molecule has 0 bridgehead atoms. The molecule has 0 aliphatic heterocycles. The van der Waals surface area contributed by atoms with Crippen LogP contribution in [0.1, 0.15) is 18.2 Å². The van der Waals surface area contributed by atoms with Crippen LogP contribution in [0, 0.1) is 13.8 Å². The van der Waals surface area contributed by atoms with Crippen LogP contribution in [0.5, 0.6) is 0 Å². The SMILES string of the molecule is Cc1cc(Nc2ncc(Cl)c(C)n2)cc(-c2cnn(C[C@](C)(O)CO)c2)c1. The van der Waals surface area contributed by atoms with Crippen LogP contribution in [0.4, 0.5) is 11.6 Å². The molecular weight excluding hydrogens is 366 g/mol. The van der Waals surface area contributed by atoms with Crippen molar-refractivity contribution in [3.8, 4) is 11.1 Å². The first kappa shape index (κ1) is 19.3. The minimum absolute atomic E-state index is 0.207. The number of benzene rings is 1. The fourth-order valence-electron chi connectivity index (χ4n) is 2.66. The molecule has 27 heavy (non-hydrogen) atoms. The maximum absolute atomic E-state index is 10.0. The summed E-state index contributed by atoms with van der Waals surface area (Å²) >= 11 is 5.98. The molecule has 0 unspecified atom stereocenters. The normalized spacial score (nSPS) is 13.4. The molecule has 8 heteroatoms. The van der Waals surface area contributed by atoms with Crippen LogP contribution in [0.25, 0.3) is 11.1 Å². The molecule has 0 spiro atoms. The molecule has 142 valence electrons. The van der Waals surface area contributed by atoms with Gasteiger partial charge in [0.05, 0.1) is 36.3 Å². The highest BCUT2D eigenvalue weighted by Gasteiger charge is 2.20. The van der Waals surface area contributed by atoms with Gasteiger partial charge in [-0.1, -0.05) is 17.7 Å². The van der Waals surface area contributed by atoms with Crippen LogP contribution in [0.2, 0.25) is 5.02 Å². The Morgan fingerprint density at radius 1 is 1.19 bits per heavy atom. The number of halogens is 1. The first-order valence-electron chi connectivity index (χ1n) is 8.50. The predicted octanol–water partition coefficient (Wildman–Crippen LogP) is 3.10. The molecule has 1 atom stereocenters. The minimum atomic E-state index is -1.22. The van der Waals surface area contributed by atoms with Crippen molar-refractivity contribution in [2.45, 2.75) is 32.9 Å². The van der Waals surface area contributed by atoms with Crippen LogP contribution in [0.3, 0.4) is 0 Å². The van der Waals surface area contributed by atoms with Gasteiger partial charge in [0.1, 0.15) is 5.60 Å². The molecule has 2 aromatic heterocycles. The van der Waals surface area contributed by atoms with Gasteiger partial charge < -0.3 is 15.5 Å². The summed E-state index contributed by atoms with van der Waals surface area (Å²) in [5.74, 6) is 0.475. The monoisotopic (exact) mass is 387 g/mol. The quantitative estimate of drug-likeness (QED) is 0.601. The lowest BCUT2D eigenvalue weighted by Crippen LogP contribution is -2.34. The Hall–Kier alpha value is -2.48. The molecule has 0 fully saturated rings. The van der Waals surface area contributed by atoms with E-state index in [-0.39, 0.29) is 13.2 Å². The number of aliphatic hydroxyl groups excluding tert-OH is 1. The lowest BCUT2D eigenvalue weighted by atomic mass is 10.1. The van der Waals surface area contributed by atoms with Gasteiger partial charge in [-0.25, -0.2) is 9.97 Å². The molecule has 0 aliphatic rings. The second-order valence-electron chi connectivity index (χ2n) is 6.92. The molecule has 3 aromatic rings. The first-order valence-corrected chi connectivity index (χ1v) is 8.87. The van der Waals surface area contributed by atoms with Crippen LogP contribution in [0.15, 0.2) is 36.8 Å². The maximum atomic E-state index is 10.0. The van der Waals surface area contributed by atoms with E-state index < -0.39 is 5.60 Å². The standard InChI is InChI=1S/C19H22ClN5O2/c1-12-4-14(15-7-22-25(9-15)10-19(3,27)11-26)6-16(5-12)24-18-21-8-17(20)13(2)23-18/h4-9,26-27H,10-11H2,1-3H3,(H,21,23,24)/t19-/m0/s1. The van der Waals surface area contributed by atoms with E-state index in [1.165, 1.54) is 0 Å². The summed E-state index contributed by atoms with van der Waals surface area (Å²) in [4.78, 5) is 8.53. The summed E-state index contributed by atoms with van der Waals surface area (Å²) in [6.45, 7) is 5.27. The lowest BCUT2D eigenvalue weighted by molar-refractivity contribution is -0.0145. The van der Waals surface area contributed by atoms with Crippen LogP contribution in [-0.4, -0.2) is 42.2 Å². The Bertz CT molecular complexity index is 955. The van der Waals surface area contributed by atoms with Crippen molar-refractivity contribution in [3.63, 3.8) is 0 Å². The number of hydrogen-bond donors (Lipinski definition) is 3. The van der Waals surface area contributed by atoms with E-state index in [1.54, 1.807) is 24.0 Å². The van der Waals surface area contributed by atoms with Crippen LogP contribution in [-0.2, 0) is 6.54 Å². The molecule has 7 nitrogen and oxygen atoms in total. The minimum Gasteiger partial charge on any atom is -0.393 e. The van der Waals surface area contributed by atoms with E-state index in [4.69, 9.17) is 11.6 Å². The summed E-state index contributed by atoms with van der Waals surface area (Å²) in [6, 6.07) is 6.02. The van der Waals surface area contributed by atoms with E-state index >= 15 is 0 Å². The molecule has 0 saturated heterocycles. The number of anilines is 2. The maximum Gasteiger partial charge on any atom is 0.227 e. The zero-order valence-electron chi connectivity index (χ0n) is 15.4. The smallest absolute Gasteiger partial charge is 0.227 e. The van der Waals surface area contributed by atoms with Gasteiger partial charge in [-0.15, -0.1) is 0 Å². The summed E-state index contributed by atoms with van der Waals surface area (Å²) < 4.78 is 1.62. The van der Waals surface area contributed by atoms with Gasteiger partial charge in [0, 0.05) is 17.4 Å². The van der Waals surface area contributed by atoms with Crippen LogP contribution >= 0.6 is 11.6 Å². The van der Waals surface area contributed by atoms with Gasteiger partial charge in [-0.3, -0.25) is 4.68 Å². The van der Waals surface area contributed by atoms with E-state index in [9.17, 15) is 10.2 Å². The van der Waals surface area contributed by atoms with Crippen molar-refractivity contribution in [2.75, 3.05) is 11.9 Å². The molecular formula is C19H22ClN5O2. The zero-order chi connectivity index (χ0) is 19.6. The van der Waals surface area contributed by atoms with Gasteiger partial charge in [-0.05, 0) is 44.0 Å². The number of aliphatic hydroxyl groups is 2. The topological polar surface area (TPSA) is 96.1 Å². The van der Waals surface area contributed by atoms with E-state index in [1.807, 2.05) is 38.2 Å². The van der Waals surface area contributed by atoms with Crippen LogP contribution < -0.4 is 5.32 Å². The Morgan fingerprint density at radius 3 is 2.67 bits per heavy atom. The van der Waals surface area contributed by atoms with Crippen molar-refractivity contribution in [3.05, 3.63) is 53.1 Å². The third kappa shape index (κ3) is 4.82. The summed E-state index contributed by atoms with van der Waals surface area (Å²) in [5, 5.41) is 27.2. The Kier molecular flexibility index (Phi) is 5.46. The highest BCUT2D eigenvalue weighted by atomic mass is 35.5. The van der Waals surface area contributed by atoms with Gasteiger partial charge in [0.2, 0.25) is 5.95 Å². The van der Waals surface area contributed by atoms with Crippen molar-refractivity contribution in [2.24, 2.45) is 0 Å². The molecule has 0 radical (unpaired) electrons. The Labute approximate surface area is 162 Å². The number of rotatable bonds is 6. The average Bonchev–Trinajstić information content (AvgIpc) is 3.05. The van der Waals surface area contributed by atoms with E-state index in [0.29, 0.717) is 16.7 Å². The number of hydrogen-bond acceptors (Lipinski definition) is 6. The fraction of sp³-hybridized carbons (Fsp3) is 0.316. The average molecular weight is 388 g/mol. The van der Waals surface area contributed by atoms with Gasteiger partial charge in [-0.2, -0.15) is 5.10 Å². The molecule has 0 amide bonds. The van der Waals surface area contributed by atoms with Crippen molar-refractivity contribution < 1.29 is 10.2 Å². The number of nitrogens with one attached hydrogen (secondary N) is 1. The van der Waals surface area contributed by atoms with Gasteiger partial charge in [0.25, 0.3) is 0 Å². The Morgan fingerprint density at radius 2 is 1.96 bits per heavy atom. The summed E-state index contributed by atoms with van der Waals surface area (Å²) in [6.07, 6.45) is 5.14. The van der Waals surface area contributed by atoms with Gasteiger partial charge in [0.15, 0.2) is 0 Å². The second kappa shape index (κ2) is 7.64. The second-order valence-corrected chi connectivity index (χ2v) is 7.33. The fourth-order valence-corrected chi connectivity index (χ4v) is 2.75. The van der Waals surface area contributed by atoms with Gasteiger partial charge >= 0.3 is 0 Å². The van der Waals surface area contributed by atoms with E-state index in [0.717, 1.165) is 22.4 Å². The Balaban J connectivity index is 1.85. The first-order chi connectivity index (χ1) is 12.8. The van der Waals surface area contributed by atoms with E-state index in [2.05, 4.69) is 20.4 Å². The molecule has 0 aliphatic carbocycles. The lowest BCUT2D eigenvalue weighted by Gasteiger charge is -2.19. The van der Waals surface area contributed by atoms with Crippen molar-refractivity contribution >= 4 is 23.2 Å². The predicted molar refractivity (Wildman–Crippen MR) is 105 cm³/mol. The zero-order valence-corrected chi connectivity index (χ0v) is 16.2. The largest absolute Gasteiger partial charge is 0.393 e. The summed E-state index contributed by atoms with van der Waals surface area (Å²) in [5.41, 5.74) is 3.28. The molecule has 3 rings (SSSR count). The molecule has 3 N–H and O–H groups in total. The highest BCUT2D eigenvalue weighted by molar-refractivity contribution is 6.31. The number of nitrogens with zero attached hydrogens (tertiary/aromatic N) is 4. The molecule has 1 aromatic carbocycles. The molecule has 2 heterocycles.